The number of benzene rings is 1. The van der Waals surface area contributed by atoms with Gasteiger partial charge >= 0.3 is 0 Å². The van der Waals surface area contributed by atoms with Crippen molar-refractivity contribution in [1.29, 1.82) is 0 Å². The third kappa shape index (κ3) is 3.92. The fourth-order valence-electron chi connectivity index (χ4n) is 2.16. The molecular formula is C16H22N4O2. The van der Waals surface area contributed by atoms with Crippen molar-refractivity contribution in [1.82, 2.24) is 20.1 Å². The van der Waals surface area contributed by atoms with Crippen LogP contribution >= 0.6 is 0 Å². The van der Waals surface area contributed by atoms with Crippen molar-refractivity contribution in [2.45, 2.75) is 33.3 Å². The third-order valence-corrected chi connectivity index (χ3v) is 3.62. The molecule has 1 heterocycles. The molecule has 22 heavy (non-hydrogen) atoms. The number of hydrogen-bond acceptors (Lipinski definition) is 4. The van der Waals surface area contributed by atoms with Crippen LogP contribution in [0.3, 0.4) is 0 Å². The van der Waals surface area contributed by atoms with Gasteiger partial charge in [0.1, 0.15) is 12.7 Å². The highest BCUT2D eigenvalue weighted by Crippen LogP contribution is 2.14. The number of aromatic nitrogens is 3. The average molecular weight is 302 g/mol. The van der Waals surface area contributed by atoms with Crippen LogP contribution in [-0.4, -0.2) is 38.4 Å². The molecule has 1 aromatic heterocycles. The van der Waals surface area contributed by atoms with E-state index in [1.165, 1.54) is 6.33 Å². The van der Waals surface area contributed by atoms with Crippen molar-refractivity contribution >= 4 is 5.91 Å². The SMILES string of the molecule is Cc1cc(C(=O)NCCC(O)C(C)C)ccc1-n1cncn1. The van der Waals surface area contributed by atoms with Gasteiger partial charge in [-0.1, -0.05) is 13.8 Å². The molecule has 1 aromatic carbocycles. The Labute approximate surface area is 130 Å². The van der Waals surface area contributed by atoms with Crippen LogP contribution in [0.4, 0.5) is 0 Å². The fourth-order valence-corrected chi connectivity index (χ4v) is 2.16. The summed E-state index contributed by atoms with van der Waals surface area (Å²) in [5.41, 5.74) is 2.44. The average Bonchev–Trinajstić information content (AvgIpc) is 3.00. The van der Waals surface area contributed by atoms with E-state index < -0.39 is 6.10 Å². The van der Waals surface area contributed by atoms with Gasteiger partial charge in [-0.25, -0.2) is 9.67 Å². The van der Waals surface area contributed by atoms with Crippen LogP contribution in [-0.2, 0) is 0 Å². The Morgan fingerprint density at radius 3 is 2.77 bits per heavy atom. The van der Waals surface area contributed by atoms with E-state index in [-0.39, 0.29) is 11.8 Å². The first-order valence-corrected chi connectivity index (χ1v) is 7.41. The number of nitrogens with zero attached hydrogens (tertiary/aromatic N) is 3. The molecule has 0 radical (unpaired) electrons. The van der Waals surface area contributed by atoms with Gasteiger partial charge in [-0.15, -0.1) is 0 Å². The summed E-state index contributed by atoms with van der Waals surface area (Å²) in [6.45, 7) is 6.30. The summed E-state index contributed by atoms with van der Waals surface area (Å²) in [5.74, 6) is 0.0605. The highest BCUT2D eigenvalue weighted by molar-refractivity contribution is 5.94. The smallest absolute Gasteiger partial charge is 0.251 e. The number of carbonyl (C=O) groups excluding carboxylic acids is 1. The van der Waals surface area contributed by atoms with Crippen LogP contribution < -0.4 is 5.32 Å². The lowest BCUT2D eigenvalue weighted by Crippen LogP contribution is -2.28. The molecule has 0 bridgehead atoms. The number of rotatable bonds is 6. The highest BCUT2D eigenvalue weighted by Gasteiger charge is 2.11. The van der Waals surface area contributed by atoms with Gasteiger partial charge in [-0.3, -0.25) is 4.79 Å². The summed E-state index contributed by atoms with van der Waals surface area (Å²) in [4.78, 5) is 16.0. The molecule has 1 amide bonds. The van der Waals surface area contributed by atoms with Crippen LogP contribution in [0.5, 0.6) is 0 Å². The molecule has 0 aliphatic heterocycles. The Kier molecular flexibility index (Phi) is 5.27. The largest absolute Gasteiger partial charge is 0.393 e. The van der Waals surface area contributed by atoms with Crippen molar-refractivity contribution in [2.24, 2.45) is 5.92 Å². The number of aliphatic hydroxyl groups is 1. The van der Waals surface area contributed by atoms with E-state index >= 15 is 0 Å². The maximum atomic E-state index is 12.1. The lowest BCUT2D eigenvalue weighted by molar-refractivity contribution is 0.0920. The molecule has 118 valence electrons. The van der Waals surface area contributed by atoms with Crippen LogP contribution in [0.1, 0.15) is 36.2 Å². The van der Waals surface area contributed by atoms with E-state index in [0.29, 0.717) is 18.5 Å². The quantitative estimate of drug-likeness (QED) is 0.851. The number of hydrogen-bond donors (Lipinski definition) is 2. The van der Waals surface area contributed by atoms with Crippen LogP contribution in [0.25, 0.3) is 5.69 Å². The third-order valence-electron chi connectivity index (χ3n) is 3.62. The molecule has 0 saturated heterocycles. The monoisotopic (exact) mass is 302 g/mol. The summed E-state index contributed by atoms with van der Waals surface area (Å²) in [7, 11) is 0. The standard InChI is InChI=1S/C16H22N4O2/c1-11(2)15(21)6-7-18-16(22)13-4-5-14(12(3)8-13)20-10-17-9-19-20/h4-5,8-11,15,21H,6-7H2,1-3H3,(H,18,22). The zero-order valence-corrected chi connectivity index (χ0v) is 13.2. The topological polar surface area (TPSA) is 80.0 Å². The Bertz CT molecular complexity index is 623. The summed E-state index contributed by atoms with van der Waals surface area (Å²) in [6, 6.07) is 5.44. The first-order chi connectivity index (χ1) is 10.5. The molecule has 2 aromatic rings. The lowest BCUT2D eigenvalue weighted by Gasteiger charge is -2.14. The molecule has 2 N–H and O–H groups in total. The summed E-state index contributed by atoms with van der Waals surface area (Å²) < 4.78 is 1.66. The molecule has 6 heteroatoms. The van der Waals surface area contributed by atoms with Crippen molar-refractivity contribution in [3.05, 3.63) is 42.0 Å². The summed E-state index contributed by atoms with van der Waals surface area (Å²) >= 11 is 0. The minimum Gasteiger partial charge on any atom is -0.393 e. The molecule has 0 spiro atoms. The number of nitrogens with one attached hydrogen (secondary N) is 1. The predicted molar refractivity (Wildman–Crippen MR) is 83.9 cm³/mol. The first kappa shape index (κ1) is 16.2. The van der Waals surface area contributed by atoms with Crippen molar-refractivity contribution in [2.75, 3.05) is 6.54 Å². The normalized spacial score (nSPS) is 12.4. The van der Waals surface area contributed by atoms with Crippen molar-refractivity contribution in [3.8, 4) is 5.69 Å². The molecule has 1 atom stereocenters. The second kappa shape index (κ2) is 7.17. The minimum absolute atomic E-state index is 0.135. The van der Waals surface area contributed by atoms with E-state index in [1.807, 2.05) is 32.9 Å². The lowest BCUT2D eigenvalue weighted by atomic mass is 10.0. The molecular weight excluding hydrogens is 280 g/mol. The van der Waals surface area contributed by atoms with Crippen LogP contribution in [0, 0.1) is 12.8 Å². The predicted octanol–water partition coefficient (Wildman–Crippen LogP) is 1.71. The second-order valence-electron chi connectivity index (χ2n) is 5.70. The van der Waals surface area contributed by atoms with Gasteiger partial charge in [-0.05, 0) is 43.0 Å². The van der Waals surface area contributed by atoms with Gasteiger partial charge in [0.2, 0.25) is 0 Å². The first-order valence-electron chi connectivity index (χ1n) is 7.41. The number of aryl methyl sites for hydroxylation is 1. The summed E-state index contributed by atoms with van der Waals surface area (Å²) in [5, 5.41) is 16.6. The van der Waals surface area contributed by atoms with E-state index in [4.69, 9.17) is 0 Å². The molecule has 0 aliphatic carbocycles. The number of carbonyl (C=O) groups is 1. The Hall–Kier alpha value is -2.21. The van der Waals surface area contributed by atoms with Gasteiger partial charge in [-0.2, -0.15) is 5.10 Å². The molecule has 0 aliphatic rings. The maximum Gasteiger partial charge on any atom is 0.251 e. The minimum atomic E-state index is -0.392. The Morgan fingerprint density at radius 2 is 2.18 bits per heavy atom. The molecule has 2 rings (SSSR count). The van der Waals surface area contributed by atoms with Crippen LogP contribution in [0.2, 0.25) is 0 Å². The molecule has 0 saturated carbocycles. The molecule has 1 unspecified atom stereocenters. The highest BCUT2D eigenvalue weighted by atomic mass is 16.3. The summed E-state index contributed by atoms with van der Waals surface area (Å²) in [6.07, 6.45) is 3.26. The van der Waals surface area contributed by atoms with Crippen molar-refractivity contribution < 1.29 is 9.90 Å². The van der Waals surface area contributed by atoms with E-state index in [1.54, 1.807) is 17.1 Å². The van der Waals surface area contributed by atoms with Crippen LogP contribution in [0.15, 0.2) is 30.9 Å². The molecule has 6 nitrogen and oxygen atoms in total. The van der Waals surface area contributed by atoms with Gasteiger partial charge in [0.05, 0.1) is 11.8 Å². The molecule has 0 fully saturated rings. The number of aliphatic hydroxyl groups excluding tert-OH is 1. The maximum absolute atomic E-state index is 12.1. The van der Waals surface area contributed by atoms with E-state index in [0.717, 1.165) is 11.3 Å². The van der Waals surface area contributed by atoms with E-state index in [9.17, 15) is 9.90 Å². The van der Waals surface area contributed by atoms with E-state index in [2.05, 4.69) is 15.4 Å². The zero-order valence-electron chi connectivity index (χ0n) is 13.2. The Morgan fingerprint density at radius 1 is 1.41 bits per heavy atom. The number of amides is 1. The van der Waals surface area contributed by atoms with Gasteiger partial charge in [0.15, 0.2) is 0 Å². The van der Waals surface area contributed by atoms with Gasteiger partial charge in [0.25, 0.3) is 5.91 Å². The second-order valence-corrected chi connectivity index (χ2v) is 5.70. The van der Waals surface area contributed by atoms with Crippen molar-refractivity contribution in [3.63, 3.8) is 0 Å². The Balaban J connectivity index is 1.98. The van der Waals surface area contributed by atoms with Gasteiger partial charge < -0.3 is 10.4 Å². The van der Waals surface area contributed by atoms with Gasteiger partial charge in [0, 0.05) is 12.1 Å². The zero-order chi connectivity index (χ0) is 16.1. The fraction of sp³-hybridized carbons (Fsp3) is 0.438.